The fourth-order valence-corrected chi connectivity index (χ4v) is 1.68. The number of hydrogen-bond acceptors (Lipinski definition) is 3. The second kappa shape index (κ2) is 6.04. The van der Waals surface area contributed by atoms with Crippen molar-refractivity contribution in [2.24, 2.45) is 5.73 Å². The van der Waals surface area contributed by atoms with Gasteiger partial charge >= 0.3 is 0 Å². The summed E-state index contributed by atoms with van der Waals surface area (Å²) in [6, 6.07) is -0.0970. The Labute approximate surface area is 86.3 Å². The van der Waals surface area contributed by atoms with Gasteiger partial charge in [-0.15, -0.1) is 0 Å². The van der Waals surface area contributed by atoms with E-state index in [-0.39, 0.29) is 12.1 Å². The van der Waals surface area contributed by atoms with Crippen LogP contribution in [0.4, 0.5) is 0 Å². The van der Waals surface area contributed by atoms with E-state index in [4.69, 9.17) is 15.2 Å². The zero-order valence-electron chi connectivity index (χ0n) is 9.16. The second-order valence-electron chi connectivity index (χ2n) is 3.53. The number of allylic oxidation sites excluding steroid dienone is 1. The summed E-state index contributed by atoms with van der Waals surface area (Å²) in [4.78, 5) is 0. The molecule has 0 amide bonds. The van der Waals surface area contributed by atoms with Gasteiger partial charge in [-0.1, -0.05) is 6.92 Å². The lowest BCUT2D eigenvalue weighted by molar-refractivity contribution is 0.0309. The maximum Gasteiger partial charge on any atom is 0.111 e. The average molecular weight is 199 g/mol. The molecule has 1 aliphatic rings. The van der Waals surface area contributed by atoms with Gasteiger partial charge in [0.05, 0.1) is 18.8 Å². The van der Waals surface area contributed by atoms with E-state index in [2.05, 4.69) is 13.0 Å². The van der Waals surface area contributed by atoms with Crippen molar-refractivity contribution in [1.29, 1.82) is 0 Å². The van der Waals surface area contributed by atoms with Crippen LogP contribution in [0.5, 0.6) is 0 Å². The number of nitrogens with two attached hydrogens (primary N) is 1. The van der Waals surface area contributed by atoms with E-state index < -0.39 is 0 Å². The number of ether oxygens (including phenoxy) is 2. The van der Waals surface area contributed by atoms with E-state index in [1.54, 1.807) is 0 Å². The van der Waals surface area contributed by atoms with Gasteiger partial charge in [-0.25, -0.2) is 0 Å². The van der Waals surface area contributed by atoms with Crippen LogP contribution in [-0.2, 0) is 9.47 Å². The summed E-state index contributed by atoms with van der Waals surface area (Å²) >= 11 is 0. The van der Waals surface area contributed by atoms with Crippen LogP contribution in [0.2, 0.25) is 0 Å². The molecule has 1 rings (SSSR count). The van der Waals surface area contributed by atoms with E-state index in [9.17, 15) is 0 Å². The Morgan fingerprint density at radius 2 is 2.36 bits per heavy atom. The average Bonchev–Trinajstić information content (AvgIpc) is 2.26. The molecular formula is C11H21NO2. The summed E-state index contributed by atoms with van der Waals surface area (Å²) in [6.45, 7) is 5.58. The third-order valence-electron chi connectivity index (χ3n) is 2.47. The molecule has 14 heavy (non-hydrogen) atoms. The molecule has 3 heteroatoms. The fraction of sp³-hybridized carbons (Fsp3) is 0.818. The van der Waals surface area contributed by atoms with Crippen LogP contribution in [0.3, 0.4) is 0 Å². The first-order valence-corrected chi connectivity index (χ1v) is 5.49. The highest BCUT2D eigenvalue weighted by Crippen LogP contribution is 2.17. The predicted molar refractivity (Wildman–Crippen MR) is 56.9 cm³/mol. The summed E-state index contributed by atoms with van der Waals surface area (Å²) in [5.74, 6) is 0.913. The molecule has 2 unspecified atom stereocenters. The van der Waals surface area contributed by atoms with Crippen LogP contribution >= 0.6 is 0 Å². The zero-order valence-corrected chi connectivity index (χ0v) is 9.16. The van der Waals surface area contributed by atoms with Crippen molar-refractivity contribution in [1.82, 2.24) is 0 Å². The molecule has 1 heterocycles. The highest BCUT2D eigenvalue weighted by molar-refractivity contribution is 5.07. The molecule has 0 saturated heterocycles. The first-order chi connectivity index (χ1) is 6.79. The molecule has 3 nitrogen and oxygen atoms in total. The van der Waals surface area contributed by atoms with Gasteiger partial charge in [0.15, 0.2) is 0 Å². The van der Waals surface area contributed by atoms with Crippen LogP contribution in [-0.4, -0.2) is 25.4 Å². The van der Waals surface area contributed by atoms with Gasteiger partial charge in [-0.2, -0.15) is 0 Å². The Bertz CT molecular complexity index is 192. The standard InChI is InChI=1S/C11H21NO2/c1-3-9(13-4-2)11(12)10-7-5-6-8-14-10/h7,9,11H,3-6,8,12H2,1-2H3. The number of hydrogen-bond donors (Lipinski definition) is 1. The molecule has 0 fully saturated rings. The topological polar surface area (TPSA) is 44.5 Å². The largest absolute Gasteiger partial charge is 0.497 e. The maximum atomic E-state index is 6.07. The Hall–Kier alpha value is -0.540. The van der Waals surface area contributed by atoms with Crippen LogP contribution < -0.4 is 5.73 Å². The summed E-state index contributed by atoms with van der Waals surface area (Å²) in [5.41, 5.74) is 6.07. The lowest BCUT2D eigenvalue weighted by atomic mass is 10.0. The SMILES string of the molecule is CCOC(CC)C(N)C1=CCCCO1. The van der Waals surface area contributed by atoms with Crippen LogP contribution in [0, 0.1) is 0 Å². The van der Waals surface area contributed by atoms with E-state index >= 15 is 0 Å². The molecule has 1 aliphatic heterocycles. The molecule has 0 aliphatic carbocycles. The minimum absolute atomic E-state index is 0.0874. The van der Waals surface area contributed by atoms with Gasteiger partial charge in [0.2, 0.25) is 0 Å². The van der Waals surface area contributed by atoms with Gasteiger partial charge < -0.3 is 15.2 Å². The minimum Gasteiger partial charge on any atom is -0.497 e. The minimum atomic E-state index is -0.0970. The van der Waals surface area contributed by atoms with Crippen LogP contribution in [0.15, 0.2) is 11.8 Å². The normalized spacial score (nSPS) is 20.9. The van der Waals surface area contributed by atoms with Gasteiger partial charge in [0.1, 0.15) is 5.76 Å². The van der Waals surface area contributed by atoms with Crippen LogP contribution in [0.25, 0.3) is 0 Å². The molecule has 2 N–H and O–H groups in total. The lowest BCUT2D eigenvalue weighted by Crippen LogP contribution is -2.39. The van der Waals surface area contributed by atoms with E-state index in [1.807, 2.05) is 6.92 Å². The molecule has 0 aromatic rings. The van der Waals surface area contributed by atoms with Gasteiger partial charge in [-0.3, -0.25) is 0 Å². The summed E-state index contributed by atoms with van der Waals surface area (Å²) in [7, 11) is 0. The first kappa shape index (κ1) is 11.5. The maximum absolute atomic E-state index is 6.07. The Kier molecular flexibility index (Phi) is 4.98. The molecule has 0 aromatic carbocycles. The summed E-state index contributed by atoms with van der Waals surface area (Å²) < 4.78 is 11.1. The molecule has 2 atom stereocenters. The monoisotopic (exact) mass is 199 g/mol. The van der Waals surface area contributed by atoms with E-state index in [0.717, 1.165) is 31.6 Å². The Balaban J connectivity index is 2.51. The van der Waals surface area contributed by atoms with Gasteiger partial charge in [0.25, 0.3) is 0 Å². The second-order valence-corrected chi connectivity index (χ2v) is 3.53. The van der Waals surface area contributed by atoms with Gasteiger partial charge in [-0.05, 0) is 32.3 Å². The molecule has 0 bridgehead atoms. The smallest absolute Gasteiger partial charge is 0.111 e. The molecule has 82 valence electrons. The van der Waals surface area contributed by atoms with Crippen molar-refractivity contribution in [2.75, 3.05) is 13.2 Å². The molecule has 0 saturated carbocycles. The quantitative estimate of drug-likeness (QED) is 0.734. The molecule has 0 radical (unpaired) electrons. The van der Waals surface area contributed by atoms with Gasteiger partial charge in [0, 0.05) is 6.61 Å². The van der Waals surface area contributed by atoms with E-state index in [1.165, 1.54) is 0 Å². The van der Waals surface area contributed by atoms with Crippen molar-refractivity contribution in [3.05, 3.63) is 11.8 Å². The van der Waals surface area contributed by atoms with E-state index in [0.29, 0.717) is 6.61 Å². The summed E-state index contributed by atoms with van der Waals surface area (Å²) in [6.07, 6.45) is 5.28. The third-order valence-corrected chi connectivity index (χ3v) is 2.47. The summed E-state index contributed by atoms with van der Waals surface area (Å²) in [5, 5.41) is 0. The fourth-order valence-electron chi connectivity index (χ4n) is 1.68. The predicted octanol–water partition coefficient (Wildman–Crippen LogP) is 1.82. The Morgan fingerprint density at radius 1 is 1.57 bits per heavy atom. The van der Waals surface area contributed by atoms with Crippen molar-refractivity contribution in [3.8, 4) is 0 Å². The molecule has 0 spiro atoms. The zero-order chi connectivity index (χ0) is 10.4. The highest BCUT2D eigenvalue weighted by Gasteiger charge is 2.22. The van der Waals surface area contributed by atoms with Crippen LogP contribution in [0.1, 0.15) is 33.1 Å². The van der Waals surface area contributed by atoms with Crippen molar-refractivity contribution >= 4 is 0 Å². The molecule has 0 aromatic heterocycles. The van der Waals surface area contributed by atoms with Crippen molar-refractivity contribution < 1.29 is 9.47 Å². The molecular weight excluding hydrogens is 178 g/mol. The lowest BCUT2D eigenvalue weighted by Gasteiger charge is -2.26. The third kappa shape index (κ3) is 3.00. The number of rotatable bonds is 5. The Morgan fingerprint density at radius 3 is 2.86 bits per heavy atom. The first-order valence-electron chi connectivity index (χ1n) is 5.49. The highest BCUT2D eigenvalue weighted by atomic mass is 16.5. The van der Waals surface area contributed by atoms with Crippen molar-refractivity contribution in [2.45, 2.75) is 45.3 Å². The van der Waals surface area contributed by atoms with Crippen molar-refractivity contribution in [3.63, 3.8) is 0 Å².